The fourth-order valence-corrected chi connectivity index (χ4v) is 2.03. The molecule has 1 heterocycles. The van der Waals surface area contributed by atoms with Crippen molar-refractivity contribution < 1.29 is 4.79 Å². The van der Waals surface area contributed by atoms with Gasteiger partial charge in [-0.2, -0.15) is 0 Å². The second-order valence-electron chi connectivity index (χ2n) is 4.57. The summed E-state index contributed by atoms with van der Waals surface area (Å²) in [6.07, 6.45) is 3.41. The number of rotatable bonds is 7. The number of nitrogens with zero attached hydrogens (tertiary/aromatic N) is 1. The Hall–Kier alpha value is -2.46. The van der Waals surface area contributed by atoms with E-state index >= 15 is 0 Å². The Labute approximate surface area is 124 Å². The van der Waals surface area contributed by atoms with Gasteiger partial charge in [0.25, 0.3) is 0 Å². The van der Waals surface area contributed by atoms with Crippen molar-refractivity contribution in [2.75, 3.05) is 13.1 Å². The SMILES string of the molecule is C=CCNC(=O)CNC(c1ccccc1)c1ccccn1. The number of amides is 1. The second kappa shape index (κ2) is 7.97. The number of pyridine rings is 1. The zero-order chi connectivity index (χ0) is 14.9. The molecule has 4 nitrogen and oxygen atoms in total. The quantitative estimate of drug-likeness (QED) is 0.764. The molecule has 1 atom stereocenters. The van der Waals surface area contributed by atoms with E-state index in [9.17, 15) is 4.79 Å². The van der Waals surface area contributed by atoms with Crippen LogP contribution in [0.15, 0.2) is 67.4 Å². The number of aromatic nitrogens is 1. The molecule has 21 heavy (non-hydrogen) atoms. The van der Waals surface area contributed by atoms with Gasteiger partial charge in [-0.25, -0.2) is 0 Å². The van der Waals surface area contributed by atoms with Gasteiger partial charge in [0, 0.05) is 12.7 Å². The molecular weight excluding hydrogens is 262 g/mol. The van der Waals surface area contributed by atoms with Gasteiger partial charge >= 0.3 is 0 Å². The maximum absolute atomic E-state index is 11.7. The predicted molar refractivity (Wildman–Crippen MR) is 83.7 cm³/mol. The van der Waals surface area contributed by atoms with Gasteiger partial charge in [0.2, 0.25) is 5.91 Å². The number of carbonyl (C=O) groups is 1. The maximum Gasteiger partial charge on any atom is 0.234 e. The van der Waals surface area contributed by atoms with Gasteiger partial charge in [0.15, 0.2) is 0 Å². The third-order valence-electron chi connectivity index (χ3n) is 3.03. The first kappa shape index (κ1) is 14.9. The Bertz CT molecular complexity index is 530. The third kappa shape index (κ3) is 4.54. The first-order valence-corrected chi connectivity index (χ1v) is 6.88. The number of carbonyl (C=O) groups excluding carboxylic acids is 1. The molecule has 0 spiro atoms. The van der Waals surface area contributed by atoms with Crippen molar-refractivity contribution in [3.05, 3.63) is 78.6 Å². The summed E-state index contributed by atoms with van der Waals surface area (Å²) in [5.41, 5.74) is 1.97. The van der Waals surface area contributed by atoms with Gasteiger partial charge in [-0.05, 0) is 17.7 Å². The van der Waals surface area contributed by atoms with E-state index in [2.05, 4.69) is 22.2 Å². The summed E-state index contributed by atoms with van der Waals surface area (Å²) in [6.45, 7) is 4.28. The minimum Gasteiger partial charge on any atom is -0.352 e. The summed E-state index contributed by atoms with van der Waals surface area (Å²) < 4.78 is 0. The molecule has 2 N–H and O–H groups in total. The van der Waals surface area contributed by atoms with E-state index in [1.165, 1.54) is 0 Å². The summed E-state index contributed by atoms with van der Waals surface area (Å²) >= 11 is 0. The van der Waals surface area contributed by atoms with Crippen molar-refractivity contribution in [2.24, 2.45) is 0 Å². The number of nitrogens with one attached hydrogen (secondary N) is 2. The molecule has 0 aliphatic carbocycles. The summed E-state index contributed by atoms with van der Waals surface area (Å²) in [4.78, 5) is 16.1. The van der Waals surface area contributed by atoms with Crippen LogP contribution in [-0.4, -0.2) is 24.0 Å². The summed E-state index contributed by atoms with van der Waals surface area (Å²) in [5.74, 6) is -0.0632. The molecule has 1 aromatic heterocycles. The molecular formula is C17H19N3O. The van der Waals surface area contributed by atoms with E-state index in [-0.39, 0.29) is 18.5 Å². The molecule has 0 aliphatic rings. The van der Waals surface area contributed by atoms with Crippen LogP contribution in [0.5, 0.6) is 0 Å². The third-order valence-corrected chi connectivity index (χ3v) is 3.03. The van der Waals surface area contributed by atoms with Gasteiger partial charge < -0.3 is 5.32 Å². The molecule has 2 aromatic rings. The monoisotopic (exact) mass is 281 g/mol. The zero-order valence-corrected chi connectivity index (χ0v) is 11.8. The molecule has 0 saturated heterocycles. The second-order valence-corrected chi connectivity index (χ2v) is 4.57. The van der Waals surface area contributed by atoms with Crippen molar-refractivity contribution in [3.8, 4) is 0 Å². The summed E-state index contributed by atoms with van der Waals surface area (Å²) in [6, 6.07) is 15.6. The van der Waals surface area contributed by atoms with E-state index in [0.717, 1.165) is 11.3 Å². The first-order chi connectivity index (χ1) is 10.3. The molecule has 0 aliphatic heterocycles. The van der Waals surface area contributed by atoms with Gasteiger partial charge in [-0.3, -0.25) is 15.1 Å². The average Bonchev–Trinajstić information content (AvgIpc) is 2.55. The van der Waals surface area contributed by atoms with Gasteiger partial charge in [0.1, 0.15) is 0 Å². The van der Waals surface area contributed by atoms with E-state index < -0.39 is 0 Å². The number of benzene rings is 1. The van der Waals surface area contributed by atoms with E-state index in [4.69, 9.17) is 0 Å². The summed E-state index contributed by atoms with van der Waals surface area (Å²) in [5, 5.41) is 6.00. The molecule has 0 radical (unpaired) electrons. The maximum atomic E-state index is 11.7. The van der Waals surface area contributed by atoms with Crippen LogP contribution in [0.1, 0.15) is 17.3 Å². The van der Waals surface area contributed by atoms with Crippen LogP contribution in [-0.2, 0) is 4.79 Å². The van der Waals surface area contributed by atoms with Gasteiger partial charge in [-0.1, -0.05) is 42.5 Å². The van der Waals surface area contributed by atoms with Crippen molar-refractivity contribution in [1.29, 1.82) is 0 Å². The van der Waals surface area contributed by atoms with Crippen molar-refractivity contribution in [3.63, 3.8) is 0 Å². The lowest BCUT2D eigenvalue weighted by Gasteiger charge is -2.18. The standard InChI is InChI=1S/C17H19N3O/c1-2-11-19-16(21)13-20-17(14-8-4-3-5-9-14)15-10-6-7-12-18-15/h2-10,12,17,20H,1,11,13H2,(H,19,21). The van der Waals surface area contributed by atoms with Crippen molar-refractivity contribution >= 4 is 5.91 Å². The van der Waals surface area contributed by atoms with Gasteiger partial charge in [0.05, 0.1) is 18.3 Å². The minimum absolute atomic E-state index is 0.0632. The van der Waals surface area contributed by atoms with Crippen LogP contribution in [0.25, 0.3) is 0 Å². The average molecular weight is 281 g/mol. The molecule has 1 unspecified atom stereocenters. The molecule has 0 bridgehead atoms. The highest BCUT2D eigenvalue weighted by Crippen LogP contribution is 2.19. The topological polar surface area (TPSA) is 54.0 Å². The largest absolute Gasteiger partial charge is 0.352 e. The Morgan fingerprint density at radius 3 is 2.62 bits per heavy atom. The van der Waals surface area contributed by atoms with E-state index in [0.29, 0.717) is 6.54 Å². The van der Waals surface area contributed by atoms with Crippen LogP contribution < -0.4 is 10.6 Å². The highest BCUT2D eigenvalue weighted by atomic mass is 16.1. The van der Waals surface area contributed by atoms with Crippen LogP contribution in [0.2, 0.25) is 0 Å². The highest BCUT2D eigenvalue weighted by Gasteiger charge is 2.15. The zero-order valence-electron chi connectivity index (χ0n) is 11.8. The van der Waals surface area contributed by atoms with E-state index in [1.54, 1.807) is 12.3 Å². The van der Waals surface area contributed by atoms with Crippen LogP contribution >= 0.6 is 0 Å². The predicted octanol–water partition coefficient (Wildman–Crippen LogP) is 2.06. The van der Waals surface area contributed by atoms with Crippen LogP contribution in [0, 0.1) is 0 Å². The first-order valence-electron chi connectivity index (χ1n) is 6.88. The van der Waals surface area contributed by atoms with Crippen molar-refractivity contribution in [2.45, 2.75) is 6.04 Å². The number of hydrogen-bond acceptors (Lipinski definition) is 3. The van der Waals surface area contributed by atoms with Crippen molar-refractivity contribution in [1.82, 2.24) is 15.6 Å². The fraction of sp³-hybridized carbons (Fsp3) is 0.176. The molecule has 0 saturated carbocycles. The molecule has 4 heteroatoms. The lowest BCUT2D eigenvalue weighted by Crippen LogP contribution is -2.36. The molecule has 1 amide bonds. The summed E-state index contributed by atoms with van der Waals surface area (Å²) in [7, 11) is 0. The lowest BCUT2D eigenvalue weighted by molar-refractivity contribution is -0.120. The van der Waals surface area contributed by atoms with Crippen LogP contribution in [0.3, 0.4) is 0 Å². The van der Waals surface area contributed by atoms with E-state index in [1.807, 2.05) is 48.5 Å². The molecule has 2 rings (SSSR count). The molecule has 108 valence electrons. The van der Waals surface area contributed by atoms with Gasteiger partial charge in [-0.15, -0.1) is 6.58 Å². The molecule has 0 fully saturated rings. The Balaban J connectivity index is 2.10. The minimum atomic E-state index is -0.109. The Morgan fingerprint density at radius 1 is 1.19 bits per heavy atom. The fourth-order valence-electron chi connectivity index (χ4n) is 2.03. The molecule has 1 aromatic carbocycles. The smallest absolute Gasteiger partial charge is 0.234 e. The normalized spacial score (nSPS) is 11.6. The number of hydrogen-bond donors (Lipinski definition) is 2. The van der Waals surface area contributed by atoms with Crippen LogP contribution in [0.4, 0.5) is 0 Å². The Kier molecular flexibility index (Phi) is 5.67. The lowest BCUT2D eigenvalue weighted by atomic mass is 10.0. The Morgan fingerprint density at radius 2 is 1.95 bits per heavy atom. The highest BCUT2D eigenvalue weighted by molar-refractivity contribution is 5.78.